The zero-order valence-electron chi connectivity index (χ0n) is 17.7. The fraction of sp³-hybridized carbons (Fsp3) is 0.652. The molecule has 1 aliphatic carbocycles. The van der Waals surface area contributed by atoms with Crippen LogP contribution in [0.25, 0.3) is 0 Å². The average molecular weight is 402 g/mol. The van der Waals surface area contributed by atoms with Gasteiger partial charge in [-0.1, -0.05) is 31.7 Å². The smallest absolute Gasteiger partial charge is 0.315 e. The second-order valence-corrected chi connectivity index (χ2v) is 8.25. The first-order valence-corrected chi connectivity index (χ1v) is 11.1. The number of hydrogen-bond acceptors (Lipinski definition) is 3. The van der Waals surface area contributed by atoms with Crippen molar-refractivity contribution in [3.8, 4) is 5.75 Å². The number of ether oxygens (including phenoxy) is 1. The highest BCUT2D eigenvalue weighted by molar-refractivity contribution is 5.76. The summed E-state index contributed by atoms with van der Waals surface area (Å²) in [6.45, 7) is 2.14. The van der Waals surface area contributed by atoms with Gasteiger partial charge in [0.25, 0.3) is 0 Å². The molecule has 29 heavy (non-hydrogen) atoms. The third kappa shape index (κ3) is 6.65. The number of hydrogen-bond donors (Lipinski definition) is 2. The van der Waals surface area contributed by atoms with Crippen LogP contribution in [-0.4, -0.2) is 43.1 Å². The van der Waals surface area contributed by atoms with Crippen LogP contribution in [0, 0.1) is 0 Å². The number of carbonyl (C=O) groups excluding carboxylic acids is 2. The first kappa shape index (κ1) is 21.5. The Morgan fingerprint density at radius 1 is 1.10 bits per heavy atom. The van der Waals surface area contributed by atoms with Gasteiger partial charge in [0.1, 0.15) is 5.75 Å². The van der Waals surface area contributed by atoms with E-state index in [1.165, 1.54) is 30.4 Å². The van der Waals surface area contributed by atoms with Crippen molar-refractivity contribution >= 4 is 11.9 Å². The van der Waals surface area contributed by atoms with Gasteiger partial charge in [-0.05, 0) is 55.4 Å². The van der Waals surface area contributed by atoms with Crippen molar-refractivity contribution in [2.75, 3.05) is 20.2 Å². The molecule has 3 amide bonds. The maximum atomic E-state index is 12.5. The summed E-state index contributed by atoms with van der Waals surface area (Å²) in [4.78, 5) is 26.4. The molecule has 0 unspecified atom stereocenters. The molecule has 1 heterocycles. The molecule has 0 atom stereocenters. The molecule has 2 N–H and O–H groups in total. The first-order chi connectivity index (χ1) is 14.2. The Balaban J connectivity index is 1.27. The van der Waals surface area contributed by atoms with Crippen LogP contribution in [0.1, 0.15) is 68.9 Å². The number of unbranched alkanes of at least 4 members (excludes halogenated alkanes) is 2. The molecule has 1 saturated carbocycles. The number of methoxy groups -OCH3 is 1. The molecule has 2 aliphatic rings. The lowest BCUT2D eigenvalue weighted by Crippen LogP contribution is -2.43. The van der Waals surface area contributed by atoms with E-state index in [1.807, 2.05) is 17.0 Å². The minimum absolute atomic E-state index is 0.0459. The molecule has 0 radical (unpaired) electrons. The Hall–Kier alpha value is -2.24. The standard InChI is InChI=1S/C23H35N3O3/c1-29-21-12-11-18-13-15-26(17-19(18)16-21)22(27)10-6-3-7-14-24-23(28)25-20-8-4-2-5-9-20/h11-12,16,20H,2-10,13-15,17H2,1H3,(H2,24,25,28). The molecule has 1 aliphatic heterocycles. The van der Waals surface area contributed by atoms with E-state index in [0.29, 0.717) is 25.6 Å². The lowest BCUT2D eigenvalue weighted by atomic mass is 9.96. The van der Waals surface area contributed by atoms with Gasteiger partial charge in [0.15, 0.2) is 0 Å². The summed E-state index contributed by atoms with van der Waals surface area (Å²) in [5, 5.41) is 6.01. The van der Waals surface area contributed by atoms with E-state index < -0.39 is 0 Å². The highest BCUT2D eigenvalue weighted by Crippen LogP contribution is 2.24. The monoisotopic (exact) mass is 401 g/mol. The molecule has 0 aromatic heterocycles. The SMILES string of the molecule is COc1ccc2c(c1)CN(C(=O)CCCCCNC(=O)NC1CCCCC1)CC2. The van der Waals surface area contributed by atoms with Gasteiger partial charge < -0.3 is 20.3 Å². The van der Waals surface area contributed by atoms with Gasteiger partial charge >= 0.3 is 6.03 Å². The third-order valence-corrected chi connectivity index (χ3v) is 6.07. The van der Waals surface area contributed by atoms with E-state index in [1.54, 1.807) is 7.11 Å². The number of nitrogens with zero attached hydrogens (tertiary/aromatic N) is 1. The van der Waals surface area contributed by atoms with Crippen molar-refractivity contribution in [3.63, 3.8) is 0 Å². The Bertz CT molecular complexity index is 686. The van der Waals surface area contributed by atoms with Crippen LogP contribution in [0.15, 0.2) is 18.2 Å². The Labute approximate surface area is 174 Å². The largest absolute Gasteiger partial charge is 0.497 e. The van der Waals surface area contributed by atoms with E-state index in [4.69, 9.17) is 4.74 Å². The first-order valence-electron chi connectivity index (χ1n) is 11.1. The normalized spacial score (nSPS) is 16.8. The van der Waals surface area contributed by atoms with E-state index in [-0.39, 0.29) is 11.9 Å². The number of benzene rings is 1. The van der Waals surface area contributed by atoms with Crippen LogP contribution in [0.3, 0.4) is 0 Å². The molecule has 0 saturated heterocycles. The average Bonchev–Trinajstić information content (AvgIpc) is 2.75. The molecule has 1 fully saturated rings. The van der Waals surface area contributed by atoms with E-state index in [0.717, 1.165) is 50.8 Å². The summed E-state index contributed by atoms with van der Waals surface area (Å²) in [5.74, 6) is 1.07. The van der Waals surface area contributed by atoms with Gasteiger partial charge in [-0.3, -0.25) is 4.79 Å². The maximum absolute atomic E-state index is 12.5. The molecular weight excluding hydrogens is 366 g/mol. The Morgan fingerprint density at radius 2 is 1.93 bits per heavy atom. The predicted octanol–water partition coefficient (Wildman–Crippen LogP) is 3.77. The van der Waals surface area contributed by atoms with Crippen LogP contribution in [0.2, 0.25) is 0 Å². The van der Waals surface area contributed by atoms with Gasteiger partial charge in [-0.15, -0.1) is 0 Å². The van der Waals surface area contributed by atoms with E-state index in [9.17, 15) is 9.59 Å². The number of carbonyl (C=O) groups is 2. The van der Waals surface area contributed by atoms with Gasteiger partial charge in [0.05, 0.1) is 7.11 Å². The third-order valence-electron chi connectivity index (χ3n) is 6.07. The number of urea groups is 1. The van der Waals surface area contributed by atoms with Gasteiger partial charge in [0, 0.05) is 32.1 Å². The maximum Gasteiger partial charge on any atom is 0.315 e. The van der Waals surface area contributed by atoms with Crippen molar-refractivity contribution in [2.45, 2.75) is 76.8 Å². The molecule has 160 valence electrons. The van der Waals surface area contributed by atoms with Crippen LogP contribution in [0.5, 0.6) is 5.75 Å². The Morgan fingerprint density at radius 3 is 2.72 bits per heavy atom. The summed E-state index contributed by atoms with van der Waals surface area (Å²) >= 11 is 0. The van der Waals surface area contributed by atoms with Crippen molar-refractivity contribution in [1.82, 2.24) is 15.5 Å². The molecule has 0 spiro atoms. The lowest BCUT2D eigenvalue weighted by molar-refractivity contribution is -0.132. The second-order valence-electron chi connectivity index (χ2n) is 8.25. The fourth-order valence-electron chi connectivity index (χ4n) is 4.29. The fourth-order valence-corrected chi connectivity index (χ4v) is 4.29. The van der Waals surface area contributed by atoms with Crippen molar-refractivity contribution in [1.29, 1.82) is 0 Å². The summed E-state index contributed by atoms with van der Waals surface area (Å²) in [6.07, 6.45) is 10.1. The number of fused-ring (bicyclic) bond motifs is 1. The van der Waals surface area contributed by atoms with Gasteiger partial charge in [0.2, 0.25) is 5.91 Å². The molecule has 6 nitrogen and oxygen atoms in total. The van der Waals surface area contributed by atoms with Crippen LogP contribution >= 0.6 is 0 Å². The molecule has 1 aromatic carbocycles. The van der Waals surface area contributed by atoms with Crippen LogP contribution in [0.4, 0.5) is 4.79 Å². The van der Waals surface area contributed by atoms with Crippen molar-refractivity contribution in [2.24, 2.45) is 0 Å². The van der Waals surface area contributed by atoms with Gasteiger partial charge in [-0.2, -0.15) is 0 Å². The zero-order valence-corrected chi connectivity index (χ0v) is 17.7. The topological polar surface area (TPSA) is 70.7 Å². The highest BCUT2D eigenvalue weighted by Gasteiger charge is 2.20. The Kier molecular flexibility index (Phi) is 8.20. The number of nitrogens with one attached hydrogen (secondary N) is 2. The quantitative estimate of drug-likeness (QED) is 0.652. The molecular formula is C23H35N3O3. The zero-order chi connectivity index (χ0) is 20.5. The lowest BCUT2D eigenvalue weighted by Gasteiger charge is -2.29. The molecule has 3 rings (SSSR count). The summed E-state index contributed by atoms with van der Waals surface area (Å²) in [7, 11) is 1.67. The second kappa shape index (κ2) is 11.1. The predicted molar refractivity (Wildman–Crippen MR) is 114 cm³/mol. The highest BCUT2D eigenvalue weighted by atomic mass is 16.5. The minimum atomic E-state index is -0.0459. The molecule has 1 aromatic rings. The minimum Gasteiger partial charge on any atom is -0.497 e. The summed E-state index contributed by atoms with van der Waals surface area (Å²) in [6, 6.07) is 6.43. The van der Waals surface area contributed by atoms with Crippen LogP contribution < -0.4 is 15.4 Å². The van der Waals surface area contributed by atoms with Crippen molar-refractivity contribution < 1.29 is 14.3 Å². The van der Waals surface area contributed by atoms with E-state index in [2.05, 4.69) is 16.7 Å². The molecule has 0 bridgehead atoms. The van der Waals surface area contributed by atoms with E-state index >= 15 is 0 Å². The summed E-state index contributed by atoms with van der Waals surface area (Å²) < 4.78 is 5.30. The molecule has 6 heteroatoms. The summed E-state index contributed by atoms with van der Waals surface area (Å²) in [5.41, 5.74) is 2.50. The number of rotatable bonds is 8. The van der Waals surface area contributed by atoms with Crippen molar-refractivity contribution in [3.05, 3.63) is 29.3 Å². The van der Waals surface area contributed by atoms with Gasteiger partial charge in [-0.25, -0.2) is 4.79 Å². The van der Waals surface area contributed by atoms with Crippen LogP contribution in [-0.2, 0) is 17.8 Å². The number of amides is 3.